The molecular weight excluding hydrogens is 367 g/mol. The Hall–Kier alpha value is -2.77. The van der Waals surface area contributed by atoms with Crippen molar-refractivity contribution < 1.29 is 14.2 Å². The molecule has 3 aromatic carbocycles. The Morgan fingerprint density at radius 3 is 1.64 bits per heavy atom. The molecule has 0 amide bonds. The SMILES string of the molecule is Cc1cc(C)c(C)c(C(=O)P(=O)(C(=O)c2ccccc2)c2ccccc2)c1C. The van der Waals surface area contributed by atoms with Gasteiger partial charge in [0.05, 0.1) is 0 Å². The second kappa shape index (κ2) is 7.69. The van der Waals surface area contributed by atoms with Crippen molar-refractivity contribution >= 4 is 23.5 Å². The van der Waals surface area contributed by atoms with Gasteiger partial charge in [-0.25, -0.2) is 0 Å². The maximum Gasteiger partial charge on any atom is 0.248 e. The normalized spacial score (nSPS) is 13.0. The summed E-state index contributed by atoms with van der Waals surface area (Å²) < 4.78 is 14.2. The highest BCUT2D eigenvalue weighted by atomic mass is 31.2. The first kappa shape index (κ1) is 20.0. The molecule has 3 aromatic rings. The van der Waals surface area contributed by atoms with E-state index in [1.54, 1.807) is 60.7 Å². The van der Waals surface area contributed by atoms with Crippen LogP contribution < -0.4 is 5.30 Å². The van der Waals surface area contributed by atoms with Gasteiger partial charge >= 0.3 is 0 Å². The van der Waals surface area contributed by atoms with Gasteiger partial charge in [0, 0.05) is 16.4 Å². The van der Waals surface area contributed by atoms with Crippen LogP contribution in [0.25, 0.3) is 0 Å². The molecule has 0 aliphatic carbocycles. The first-order chi connectivity index (χ1) is 13.3. The van der Waals surface area contributed by atoms with E-state index in [9.17, 15) is 14.2 Å². The Kier molecular flexibility index (Phi) is 5.49. The van der Waals surface area contributed by atoms with Crippen LogP contribution in [-0.2, 0) is 4.57 Å². The van der Waals surface area contributed by atoms with Crippen LogP contribution in [0.2, 0.25) is 0 Å². The molecule has 0 aliphatic heterocycles. The molecule has 0 N–H and O–H groups in total. The molecule has 0 fully saturated rings. The third-order valence-electron chi connectivity index (χ3n) is 5.29. The quantitative estimate of drug-likeness (QED) is 0.534. The summed E-state index contributed by atoms with van der Waals surface area (Å²) in [6.45, 7) is 7.53. The molecule has 0 saturated heterocycles. The van der Waals surface area contributed by atoms with E-state index in [2.05, 4.69) is 0 Å². The molecule has 28 heavy (non-hydrogen) atoms. The zero-order valence-electron chi connectivity index (χ0n) is 16.5. The van der Waals surface area contributed by atoms with Crippen molar-refractivity contribution in [2.75, 3.05) is 0 Å². The van der Waals surface area contributed by atoms with Crippen LogP contribution in [0.15, 0.2) is 66.7 Å². The van der Waals surface area contributed by atoms with Gasteiger partial charge in [0.15, 0.2) is 0 Å². The summed E-state index contributed by atoms with van der Waals surface area (Å²) in [5.74, 6) is 0. The number of carbonyl (C=O) groups is 2. The van der Waals surface area contributed by atoms with Crippen LogP contribution in [0.3, 0.4) is 0 Å². The van der Waals surface area contributed by atoms with E-state index in [0.717, 1.165) is 22.3 Å². The van der Waals surface area contributed by atoms with Crippen molar-refractivity contribution in [2.45, 2.75) is 27.7 Å². The minimum absolute atomic E-state index is 0.270. The lowest BCUT2D eigenvalue weighted by Gasteiger charge is -2.21. The molecule has 0 aliphatic rings. The van der Waals surface area contributed by atoms with Crippen LogP contribution in [0, 0.1) is 27.7 Å². The molecule has 0 spiro atoms. The molecular formula is C24H23O3P. The summed E-state index contributed by atoms with van der Waals surface area (Å²) in [5, 5.41) is 0.270. The Balaban J connectivity index is 2.29. The van der Waals surface area contributed by atoms with E-state index >= 15 is 0 Å². The highest BCUT2D eigenvalue weighted by Gasteiger charge is 2.43. The van der Waals surface area contributed by atoms with E-state index in [-0.39, 0.29) is 10.9 Å². The summed E-state index contributed by atoms with van der Waals surface area (Å²) in [6.07, 6.45) is 0. The van der Waals surface area contributed by atoms with Gasteiger partial charge in [0.2, 0.25) is 18.2 Å². The third-order valence-corrected chi connectivity index (χ3v) is 7.94. The van der Waals surface area contributed by atoms with Crippen molar-refractivity contribution in [3.05, 3.63) is 100 Å². The number of benzene rings is 3. The molecule has 0 heterocycles. The Bertz CT molecular complexity index is 1070. The predicted octanol–water partition coefficient (Wildman–Crippen LogP) is 5.59. The number of aryl methyl sites for hydroxylation is 2. The lowest BCUT2D eigenvalue weighted by molar-refractivity contribution is 0.104. The first-order valence-electron chi connectivity index (χ1n) is 9.16. The zero-order valence-corrected chi connectivity index (χ0v) is 17.4. The van der Waals surface area contributed by atoms with E-state index in [1.807, 2.05) is 33.8 Å². The molecule has 0 bridgehead atoms. The van der Waals surface area contributed by atoms with E-state index in [4.69, 9.17) is 0 Å². The Morgan fingerprint density at radius 1 is 0.679 bits per heavy atom. The molecule has 0 saturated carbocycles. The van der Waals surface area contributed by atoms with Crippen molar-refractivity contribution in [1.29, 1.82) is 0 Å². The first-order valence-corrected chi connectivity index (χ1v) is 10.9. The van der Waals surface area contributed by atoms with Gasteiger partial charge in [-0.2, -0.15) is 0 Å². The highest BCUT2D eigenvalue weighted by Crippen LogP contribution is 2.52. The second-order valence-electron chi connectivity index (χ2n) is 7.06. The maximum atomic E-state index is 14.2. The van der Waals surface area contributed by atoms with E-state index in [0.29, 0.717) is 5.56 Å². The Labute approximate surface area is 165 Å². The predicted molar refractivity (Wildman–Crippen MR) is 114 cm³/mol. The molecule has 4 heteroatoms. The zero-order chi connectivity index (χ0) is 20.5. The molecule has 0 aromatic heterocycles. The van der Waals surface area contributed by atoms with E-state index < -0.39 is 18.2 Å². The molecule has 0 radical (unpaired) electrons. The number of rotatable bonds is 5. The summed E-state index contributed by atoms with van der Waals surface area (Å²) in [7, 11) is -4.07. The van der Waals surface area contributed by atoms with Gasteiger partial charge in [-0.3, -0.25) is 9.59 Å². The van der Waals surface area contributed by atoms with Gasteiger partial charge in [0.1, 0.15) is 0 Å². The molecule has 142 valence electrons. The fraction of sp³-hybridized carbons (Fsp3) is 0.167. The topological polar surface area (TPSA) is 51.2 Å². The molecule has 3 rings (SSSR count). The monoisotopic (exact) mass is 390 g/mol. The smallest absolute Gasteiger partial charge is 0.248 e. The van der Waals surface area contributed by atoms with Crippen molar-refractivity contribution in [3.63, 3.8) is 0 Å². The number of hydrogen-bond donors (Lipinski definition) is 0. The minimum Gasteiger partial charge on any atom is -0.302 e. The van der Waals surface area contributed by atoms with Gasteiger partial charge in [-0.1, -0.05) is 66.7 Å². The van der Waals surface area contributed by atoms with Crippen LogP contribution in [0.1, 0.15) is 43.0 Å². The van der Waals surface area contributed by atoms with Crippen molar-refractivity contribution in [2.24, 2.45) is 0 Å². The summed E-state index contributed by atoms with van der Waals surface area (Å²) in [4.78, 5) is 27.1. The average Bonchev–Trinajstić information content (AvgIpc) is 2.72. The van der Waals surface area contributed by atoms with E-state index in [1.165, 1.54) is 0 Å². The fourth-order valence-electron chi connectivity index (χ4n) is 3.42. The van der Waals surface area contributed by atoms with Crippen LogP contribution in [0.4, 0.5) is 0 Å². The molecule has 1 atom stereocenters. The van der Waals surface area contributed by atoms with Crippen molar-refractivity contribution in [3.8, 4) is 0 Å². The Morgan fingerprint density at radius 2 is 1.14 bits per heavy atom. The molecule has 1 unspecified atom stereocenters. The lowest BCUT2D eigenvalue weighted by Crippen LogP contribution is -2.22. The van der Waals surface area contributed by atoms with Gasteiger partial charge < -0.3 is 4.57 Å². The second-order valence-corrected chi connectivity index (χ2v) is 9.60. The van der Waals surface area contributed by atoms with Gasteiger partial charge in [0.25, 0.3) is 0 Å². The minimum atomic E-state index is -4.07. The maximum absolute atomic E-state index is 14.2. The van der Waals surface area contributed by atoms with Crippen LogP contribution in [-0.4, -0.2) is 11.0 Å². The summed E-state index contributed by atoms with van der Waals surface area (Å²) >= 11 is 0. The molecule has 3 nitrogen and oxygen atoms in total. The largest absolute Gasteiger partial charge is 0.302 e. The summed E-state index contributed by atoms with van der Waals surface area (Å²) in [6, 6.07) is 18.8. The van der Waals surface area contributed by atoms with Crippen LogP contribution in [0.5, 0.6) is 0 Å². The van der Waals surface area contributed by atoms with Gasteiger partial charge in [-0.15, -0.1) is 0 Å². The standard InChI is InChI=1S/C24H23O3P/c1-16-15-17(2)19(4)22(18(16)3)24(26)28(27,21-13-9-6-10-14-21)23(25)20-11-7-5-8-12-20/h5-15H,1-4H3. The summed E-state index contributed by atoms with van der Waals surface area (Å²) in [5.41, 5.74) is 2.89. The number of carbonyl (C=O) groups excluding carboxylic acids is 2. The van der Waals surface area contributed by atoms with Gasteiger partial charge in [-0.05, 0) is 49.9 Å². The third kappa shape index (κ3) is 3.27. The fourth-order valence-corrected chi connectivity index (χ4v) is 5.83. The van der Waals surface area contributed by atoms with Crippen LogP contribution >= 0.6 is 7.14 Å². The number of hydrogen-bond acceptors (Lipinski definition) is 3. The lowest BCUT2D eigenvalue weighted by atomic mass is 9.95. The van der Waals surface area contributed by atoms with Crippen molar-refractivity contribution in [1.82, 2.24) is 0 Å². The highest BCUT2D eigenvalue weighted by molar-refractivity contribution is 8.01. The average molecular weight is 390 g/mol.